The summed E-state index contributed by atoms with van der Waals surface area (Å²) in [6.07, 6.45) is 0.656. The number of thiophene rings is 1. The van der Waals surface area contributed by atoms with E-state index in [0.717, 1.165) is 4.88 Å². The summed E-state index contributed by atoms with van der Waals surface area (Å²) < 4.78 is 27.1. The largest absolute Gasteiger partial charge is 0.330 e. The molecule has 1 aromatic carbocycles. The minimum atomic E-state index is -3.63. The number of benzene rings is 1. The van der Waals surface area contributed by atoms with E-state index in [1.807, 2.05) is 0 Å². The van der Waals surface area contributed by atoms with E-state index < -0.39 is 10.0 Å². The zero-order valence-electron chi connectivity index (χ0n) is 10.3. The Morgan fingerprint density at radius 1 is 1.15 bits per heavy atom. The average molecular weight is 351 g/mol. The fourth-order valence-corrected chi connectivity index (χ4v) is 4.53. The third kappa shape index (κ3) is 3.86. The summed E-state index contributed by atoms with van der Waals surface area (Å²) in [4.78, 5) is 0.928. The second-order valence-electron chi connectivity index (χ2n) is 4.02. The van der Waals surface area contributed by atoms with Gasteiger partial charge in [-0.3, -0.25) is 4.72 Å². The van der Waals surface area contributed by atoms with Gasteiger partial charge in [-0.15, -0.1) is 11.3 Å². The molecule has 1 aromatic heterocycles. The predicted molar refractivity (Wildman–Crippen MR) is 84.3 cm³/mol. The molecule has 0 saturated heterocycles. The molecule has 3 N–H and O–H groups in total. The molecule has 8 heteroatoms. The normalized spacial score (nSPS) is 11.6. The highest BCUT2D eigenvalue weighted by Crippen LogP contribution is 2.27. The number of nitrogens with one attached hydrogen (secondary N) is 1. The van der Waals surface area contributed by atoms with Crippen molar-refractivity contribution >= 4 is 50.2 Å². The van der Waals surface area contributed by atoms with Gasteiger partial charge in [0.05, 0.1) is 5.69 Å². The molecule has 0 radical (unpaired) electrons. The van der Waals surface area contributed by atoms with Gasteiger partial charge in [-0.2, -0.15) is 0 Å². The van der Waals surface area contributed by atoms with Crippen molar-refractivity contribution in [2.24, 2.45) is 5.73 Å². The van der Waals surface area contributed by atoms with Crippen molar-refractivity contribution in [2.75, 3.05) is 11.3 Å². The van der Waals surface area contributed by atoms with Crippen LogP contribution in [0.4, 0.5) is 5.69 Å². The standard InChI is InChI=1S/C12H12Cl2N2O2S2/c13-8-5-9(14)7-10(6-8)16-20(17,18)12-2-1-11(19-12)3-4-15/h1-2,5-7,16H,3-4,15H2. The van der Waals surface area contributed by atoms with Crippen LogP contribution in [0.3, 0.4) is 0 Å². The Morgan fingerprint density at radius 3 is 2.40 bits per heavy atom. The van der Waals surface area contributed by atoms with Crippen molar-refractivity contribution in [3.63, 3.8) is 0 Å². The number of hydrogen-bond donors (Lipinski definition) is 2. The summed E-state index contributed by atoms with van der Waals surface area (Å²) in [7, 11) is -3.63. The van der Waals surface area contributed by atoms with E-state index in [1.54, 1.807) is 12.1 Å². The molecular formula is C12H12Cl2N2O2S2. The number of rotatable bonds is 5. The summed E-state index contributed by atoms with van der Waals surface area (Å²) in [5, 5.41) is 0.732. The minimum Gasteiger partial charge on any atom is -0.330 e. The van der Waals surface area contributed by atoms with Crippen molar-refractivity contribution in [3.8, 4) is 0 Å². The minimum absolute atomic E-state index is 0.233. The number of anilines is 1. The van der Waals surface area contributed by atoms with Crippen LogP contribution in [-0.4, -0.2) is 15.0 Å². The molecule has 4 nitrogen and oxygen atoms in total. The Labute approximate surface area is 131 Å². The van der Waals surface area contributed by atoms with Crippen LogP contribution >= 0.6 is 34.5 Å². The van der Waals surface area contributed by atoms with Crippen molar-refractivity contribution in [2.45, 2.75) is 10.6 Å². The first-order chi connectivity index (χ1) is 9.40. The molecule has 20 heavy (non-hydrogen) atoms. The van der Waals surface area contributed by atoms with Crippen LogP contribution in [0.15, 0.2) is 34.5 Å². The van der Waals surface area contributed by atoms with Gasteiger partial charge in [0.2, 0.25) is 0 Å². The molecular weight excluding hydrogens is 339 g/mol. The van der Waals surface area contributed by atoms with E-state index in [2.05, 4.69) is 4.72 Å². The van der Waals surface area contributed by atoms with Gasteiger partial charge in [0.25, 0.3) is 10.0 Å². The third-order valence-electron chi connectivity index (χ3n) is 2.41. The Bertz CT molecular complexity index is 694. The molecule has 0 bridgehead atoms. The highest BCUT2D eigenvalue weighted by Gasteiger charge is 2.17. The lowest BCUT2D eigenvalue weighted by atomic mass is 10.3. The molecule has 108 valence electrons. The monoisotopic (exact) mass is 350 g/mol. The van der Waals surface area contributed by atoms with Crippen molar-refractivity contribution in [1.29, 1.82) is 0 Å². The molecule has 1 heterocycles. The zero-order chi connectivity index (χ0) is 14.8. The van der Waals surface area contributed by atoms with Crippen molar-refractivity contribution < 1.29 is 8.42 Å². The first-order valence-corrected chi connectivity index (χ1v) is 8.74. The molecule has 0 aliphatic heterocycles. The highest BCUT2D eigenvalue weighted by molar-refractivity contribution is 7.94. The summed E-state index contributed by atoms with van der Waals surface area (Å²) in [6, 6.07) is 7.85. The second-order valence-corrected chi connectivity index (χ2v) is 7.97. The first kappa shape index (κ1) is 15.6. The van der Waals surface area contributed by atoms with Crippen LogP contribution in [0.1, 0.15) is 4.88 Å². The van der Waals surface area contributed by atoms with Crippen LogP contribution in [0.5, 0.6) is 0 Å². The first-order valence-electron chi connectivity index (χ1n) is 5.68. The van der Waals surface area contributed by atoms with Gasteiger partial charge in [0.1, 0.15) is 4.21 Å². The SMILES string of the molecule is NCCc1ccc(S(=O)(=O)Nc2cc(Cl)cc(Cl)c2)s1. The average Bonchev–Trinajstić information content (AvgIpc) is 2.76. The van der Waals surface area contributed by atoms with Gasteiger partial charge in [0, 0.05) is 14.9 Å². The lowest BCUT2D eigenvalue weighted by Crippen LogP contribution is -2.11. The molecule has 2 aromatic rings. The zero-order valence-corrected chi connectivity index (χ0v) is 13.4. The Hall–Kier alpha value is -0.790. The van der Waals surface area contributed by atoms with Gasteiger partial charge in [0.15, 0.2) is 0 Å². The van der Waals surface area contributed by atoms with Gasteiger partial charge >= 0.3 is 0 Å². The van der Waals surface area contributed by atoms with Gasteiger partial charge in [-0.05, 0) is 43.3 Å². The van der Waals surface area contributed by atoms with Crippen LogP contribution < -0.4 is 10.5 Å². The maximum absolute atomic E-state index is 12.2. The maximum Gasteiger partial charge on any atom is 0.271 e. The molecule has 0 aliphatic rings. The van der Waals surface area contributed by atoms with Gasteiger partial charge < -0.3 is 5.73 Å². The van der Waals surface area contributed by atoms with E-state index >= 15 is 0 Å². The topological polar surface area (TPSA) is 72.2 Å². The number of hydrogen-bond acceptors (Lipinski definition) is 4. The van der Waals surface area contributed by atoms with E-state index in [1.165, 1.54) is 29.5 Å². The number of halogens is 2. The molecule has 0 unspecified atom stereocenters. The van der Waals surface area contributed by atoms with Crippen LogP contribution in [0.2, 0.25) is 10.0 Å². The number of nitrogens with two attached hydrogens (primary N) is 1. The highest BCUT2D eigenvalue weighted by atomic mass is 35.5. The molecule has 0 amide bonds. The van der Waals surface area contributed by atoms with Gasteiger partial charge in [-0.1, -0.05) is 23.2 Å². The third-order valence-corrected chi connectivity index (χ3v) is 5.86. The predicted octanol–water partition coefficient (Wildman–Crippen LogP) is 3.36. The van der Waals surface area contributed by atoms with Crippen LogP contribution in [0.25, 0.3) is 0 Å². The number of sulfonamides is 1. The smallest absolute Gasteiger partial charge is 0.271 e. The Morgan fingerprint density at radius 2 is 1.80 bits per heavy atom. The molecule has 0 saturated carbocycles. The lowest BCUT2D eigenvalue weighted by Gasteiger charge is -2.07. The summed E-state index contributed by atoms with van der Waals surface area (Å²) in [5.41, 5.74) is 5.78. The Balaban J connectivity index is 2.25. The second kappa shape index (κ2) is 6.32. The molecule has 0 spiro atoms. The quantitative estimate of drug-likeness (QED) is 0.868. The lowest BCUT2D eigenvalue weighted by molar-refractivity contribution is 0.603. The van der Waals surface area contributed by atoms with Crippen molar-refractivity contribution in [1.82, 2.24) is 0 Å². The Kier molecular flexibility index (Phi) is 4.93. The summed E-state index contributed by atoms with van der Waals surface area (Å²) in [5.74, 6) is 0. The molecule has 0 fully saturated rings. The van der Waals surface area contributed by atoms with E-state index in [0.29, 0.717) is 28.7 Å². The molecule has 2 rings (SSSR count). The molecule has 0 aliphatic carbocycles. The summed E-state index contributed by atoms with van der Waals surface area (Å²) in [6.45, 7) is 0.483. The maximum atomic E-state index is 12.2. The van der Waals surface area contributed by atoms with Crippen LogP contribution in [-0.2, 0) is 16.4 Å². The fraction of sp³-hybridized carbons (Fsp3) is 0.167. The van der Waals surface area contributed by atoms with Crippen molar-refractivity contribution in [3.05, 3.63) is 45.3 Å². The van der Waals surface area contributed by atoms with E-state index in [4.69, 9.17) is 28.9 Å². The molecule has 0 atom stereocenters. The van der Waals surface area contributed by atoms with Crippen LogP contribution in [0, 0.1) is 0 Å². The van der Waals surface area contributed by atoms with E-state index in [-0.39, 0.29) is 4.21 Å². The fourth-order valence-electron chi connectivity index (χ4n) is 1.60. The summed E-state index contributed by atoms with van der Waals surface area (Å²) >= 11 is 12.9. The van der Waals surface area contributed by atoms with E-state index in [9.17, 15) is 8.42 Å². The van der Waals surface area contributed by atoms with Gasteiger partial charge in [-0.25, -0.2) is 8.42 Å².